The third kappa shape index (κ3) is 1.59. The summed E-state index contributed by atoms with van der Waals surface area (Å²) in [6.07, 6.45) is 1.73. The quantitative estimate of drug-likeness (QED) is 0.824. The lowest BCUT2D eigenvalue weighted by Gasteiger charge is -2.01. The zero-order valence-electron chi connectivity index (χ0n) is 9.67. The topological polar surface area (TPSA) is 37.9 Å². The number of ether oxygens (including phenoxy) is 1. The van der Waals surface area contributed by atoms with Crippen molar-refractivity contribution in [2.75, 3.05) is 7.09 Å². The standard InChI is InChI=1S/C9H9BrN2O/c1-13-5-7-4-6-2-3-11-9(6)12-8(7)10/h2-4H,5H2,1H3,(H,11,12)/i1D,5D2. The number of nitrogens with zero attached hydrogens (tertiary/aromatic N) is 1. The Bertz CT molecular complexity index is 514. The molecule has 0 aromatic carbocycles. The number of fused-ring (bicyclic) bond motifs is 1. The van der Waals surface area contributed by atoms with Gasteiger partial charge >= 0.3 is 0 Å². The molecule has 0 aliphatic rings. The maximum Gasteiger partial charge on any atom is 0.138 e. The molecule has 0 saturated carbocycles. The molecule has 4 heteroatoms. The Balaban J connectivity index is 2.54. The highest BCUT2D eigenvalue weighted by molar-refractivity contribution is 9.10. The summed E-state index contributed by atoms with van der Waals surface area (Å²) in [5.41, 5.74) is 0.962. The highest BCUT2D eigenvalue weighted by Crippen LogP contribution is 2.20. The van der Waals surface area contributed by atoms with Crippen LogP contribution >= 0.6 is 15.9 Å². The SMILES string of the molecule is [2H]COC([2H])([2H])c1cc2cc[nH]c2nc1Br. The van der Waals surface area contributed by atoms with Crippen LogP contribution in [0.25, 0.3) is 11.0 Å². The van der Waals surface area contributed by atoms with E-state index in [1.807, 2.05) is 0 Å². The van der Waals surface area contributed by atoms with Gasteiger partial charge < -0.3 is 9.72 Å². The van der Waals surface area contributed by atoms with Crippen molar-refractivity contribution in [3.05, 3.63) is 28.5 Å². The van der Waals surface area contributed by atoms with Crippen molar-refractivity contribution in [3.63, 3.8) is 0 Å². The van der Waals surface area contributed by atoms with Crippen LogP contribution in [0.2, 0.25) is 0 Å². The van der Waals surface area contributed by atoms with Crippen molar-refractivity contribution < 1.29 is 8.85 Å². The van der Waals surface area contributed by atoms with E-state index in [0.29, 0.717) is 10.3 Å². The number of nitrogens with one attached hydrogen (secondary N) is 1. The van der Waals surface area contributed by atoms with E-state index >= 15 is 0 Å². The first-order valence-electron chi connectivity index (χ1n) is 5.32. The van der Waals surface area contributed by atoms with Gasteiger partial charge in [0, 0.05) is 24.2 Å². The summed E-state index contributed by atoms with van der Waals surface area (Å²) < 4.78 is 27.4. The fourth-order valence-electron chi connectivity index (χ4n) is 1.11. The minimum Gasteiger partial charge on any atom is -0.380 e. The lowest BCUT2D eigenvalue weighted by atomic mass is 10.2. The largest absolute Gasteiger partial charge is 0.380 e. The average Bonchev–Trinajstić information content (AvgIpc) is 2.63. The monoisotopic (exact) mass is 243 g/mol. The lowest BCUT2D eigenvalue weighted by Crippen LogP contribution is -1.91. The van der Waals surface area contributed by atoms with Gasteiger partial charge in [-0.05, 0) is 28.1 Å². The molecule has 68 valence electrons. The van der Waals surface area contributed by atoms with Gasteiger partial charge in [0.2, 0.25) is 0 Å². The fraction of sp³-hybridized carbons (Fsp3) is 0.222. The maximum absolute atomic E-state index is 7.68. The van der Waals surface area contributed by atoms with Gasteiger partial charge in [-0.3, -0.25) is 0 Å². The molecule has 0 aliphatic heterocycles. The smallest absolute Gasteiger partial charge is 0.138 e. The summed E-state index contributed by atoms with van der Waals surface area (Å²) in [5, 5.41) is 0.802. The maximum atomic E-state index is 7.68. The zero-order chi connectivity index (χ0) is 11.8. The third-order valence-corrected chi connectivity index (χ3v) is 2.28. The molecule has 0 atom stereocenters. The van der Waals surface area contributed by atoms with E-state index in [2.05, 4.69) is 25.9 Å². The van der Waals surface area contributed by atoms with Crippen molar-refractivity contribution in [1.29, 1.82) is 0 Å². The van der Waals surface area contributed by atoms with E-state index in [4.69, 9.17) is 8.85 Å². The number of hydrogen-bond donors (Lipinski definition) is 1. The van der Waals surface area contributed by atoms with Crippen LogP contribution in [0.15, 0.2) is 22.9 Å². The molecule has 0 aliphatic carbocycles. The second-order valence-electron chi connectivity index (χ2n) is 2.49. The number of pyridine rings is 1. The van der Waals surface area contributed by atoms with Gasteiger partial charge in [0.25, 0.3) is 0 Å². The van der Waals surface area contributed by atoms with E-state index in [1.54, 1.807) is 18.3 Å². The van der Waals surface area contributed by atoms with E-state index in [-0.39, 0.29) is 5.56 Å². The Kier molecular flexibility index (Phi) is 1.54. The predicted octanol–water partition coefficient (Wildman–Crippen LogP) is 2.47. The Morgan fingerprint density at radius 3 is 3.62 bits per heavy atom. The minimum absolute atomic E-state index is 0.284. The second kappa shape index (κ2) is 3.47. The van der Waals surface area contributed by atoms with Gasteiger partial charge in [-0.2, -0.15) is 0 Å². The Labute approximate surface area is 88.5 Å². The molecule has 0 fully saturated rings. The number of halogens is 1. The molecular weight excluding hydrogens is 232 g/mol. The van der Waals surface area contributed by atoms with Gasteiger partial charge in [0.1, 0.15) is 10.3 Å². The highest BCUT2D eigenvalue weighted by Gasteiger charge is 2.04. The first kappa shape index (κ1) is 5.78. The first-order chi connectivity index (χ1) is 7.54. The molecule has 0 unspecified atom stereocenters. The predicted molar refractivity (Wildman–Crippen MR) is 54.5 cm³/mol. The minimum atomic E-state index is -2.01. The first-order valence-corrected chi connectivity index (χ1v) is 4.41. The summed E-state index contributed by atoms with van der Waals surface area (Å²) >= 11 is 3.20. The molecule has 0 amide bonds. The number of methoxy groups -OCH3 is 1. The Morgan fingerprint density at radius 1 is 1.85 bits per heavy atom. The zero-order valence-corrected chi connectivity index (χ0v) is 8.26. The molecule has 2 rings (SSSR count). The fourth-order valence-corrected chi connectivity index (χ4v) is 1.48. The van der Waals surface area contributed by atoms with Gasteiger partial charge in [0.15, 0.2) is 0 Å². The van der Waals surface area contributed by atoms with Crippen molar-refractivity contribution in [2.24, 2.45) is 0 Å². The molecule has 0 spiro atoms. The summed E-state index contributed by atoms with van der Waals surface area (Å²) in [5.74, 6) is 0. The van der Waals surface area contributed by atoms with Crippen LogP contribution in [0.1, 0.15) is 9.68 Å². The van der Waals surface area contributed by atoms with Crippen LogP contribution in [0.4, 0.5) is 0 Å². The molecular formula is C9H9BrN2O. The Morgan fingerprint density at radius 2 is 2.77 bits per heavy atom. The molecule has 2 aromatic heterocycles. The van der Waals surface area contributed by atoms with E-state index < -0.39 is 13.6 Å². The molecule has 1 N–H and O–H groups in total. The summed E-state index contributed by atoms with van der Waals surface area (Å²) in [6, 6.07) is 3.45. The number of hydrogen-bond acceptors (Lipinski definition) is 2. The van der Waals surface area contributed by atoms with Crippen molar-refractivity contribution in [2.45, 2.75) is 6.56 Å². The summed E-state index contributed by atoms with van der Waals surface area (Å²) in [4.78, 5) is 7.09. The summed E-state index contributed by atoms with van der Waals surface area (Å²) in [6.45, 7) is -2.01. The van der Waals surface area contributed by atoms with E-state index in [9.17, 15) is 0 Å². The van der Waals surface area contributed by atoms with Gasteiger partial charge in [0.05, 0.1) is 10.7 Å². The summed E-state index contributed by atoms with van der Waals surface area (Å²) in [7, 11) is -0.440. The van der Waals surface area contributed by atoms with E-state index in [0.717, 1.165) is 5.39 Å². The van der Waals surface area contributed by atoms with E-state index in [1.165, 1.54) is 0 Å². The molecule has 2 heterocycles. The van der Waals surface area contributed by atoms with Crippen LogP contribution in [0.3, 0.4) is 0 Å². The van der Waals surface area contributed by atoms with Crippen LogP contribution in [0.5, 0.6) is 0 Å². The molecule has 13 heavy (non-hydrogen) atoms. The third-order valence-electron chi connectivity index (χ3n) is 1.67. The van der Waals surface area contributed by atoms with Crippen LogP contribution in [-0.4, -0.2) is 17.1 Å². The lowest BCUT2D eigenvalue weighted by molar-refractivity contribution is 0.184. The number of H-pyrrole nitrogens is 1. The van der Waals surface area contributed by atoms with Crippen molar-refractivity contribution in [3.8, 4) is 0 Å². The molecule has 0 bridgehead atoms. The van der Waals surface area contributed by atoms with Crippen LogP contribution < -0.4 is 0 Å². The van der Waals surface area contributed by atoms with Gasteiger partial charge in [-0.15, -0.1) is 0 Å². The normalized spacial score (nSPS) is 15.3. The van der Waals surface area contributed by atoms with Crippen LogP contribution in [-0.2, 0) is 11.3 Å². The van der Waals surface area contributed by atoms with Gasteiger partial charge in [-0.25, -0.2) is 4.98 Å². The molecule has 0 saturated heterocycles. The molecule has 2 aromatic rings. The second-order valence-corrected chi connectivity index (χ2v) is 3.24. The van der Waals surface area contributed by atoms with Gasteiger partial charge in [-0.1, -0.05) is 0 Å². The molecule has 3 nitrogen and oxygen atoms in total. The molecule has 0 radical (unpaired) electrons. The Hall–Kier alpha value is -0.870. The number of aromatic nitrogens is 2. The van der Waals surface area contributed by atoms with Crippen molar-refractivity contribution in [1.82, 2.24) is 9.97 Å². The average molecular weight is 244 g/mol. The van der Waals surface area contributed by atoms with Crippen LogP contribution in [0, 0.1) is 0 Å². The number of aromatic amines is 1. The highest BCUT2D eigenvalue weighted by atomic mass is 79.9. The van der Waals surface area contributed by atoms with Crippen molar-refractivity contribution >= 4 is 27.0 Å². The number of rotatable bonds is 2.